The Hall–Kier alpha value is -3.82. The van der Waals surface area contributed by atoms with Crippen LogP contribution in [0.25, 0.3) is 5.65 Å². The molecule has 0 saturated carbocycles. The molecular formula is C24H22F3N5O2. The Morgan fingerprint density at radius 2 is 2.00 bits per heavy atom. The van der Waals surface area contributed by atoms with Gasteiger partial charge in [0, 0.05) is 30.1 Å². The first kappa shape index (κ1) is 22.0. The van der Waals surface area contributed by atoms with Crippen molar-refractivity contribution in [2.24, 2.45) is 0 Å². The normalized spacial score (nSPS) is 14.0. The Kier molecular flexibility index (Phi) is 5.11. The van der Waals surface area contributed by atoms with Crippen molar-refractivity contribution in [2.75, 3.05) is 16.8 Å². The van der Waals surface area contributed by atoms with Gasteiger partial charge in [-0.2, -0.15) is 13.2 Å². The topological polar surface area (TPSA) is 75.7 Å². The van der Waals surface area contributed by atoms with Gasteiger partial charge < -0.3 is 19.1 Å². The van der Waals surface area contributed by atoms with E-state index in [2.05, 4.69) is 20.4 Å². The summed E-state index contributed by atoms with van der Waals surface area (Å²) in [6.45, 7) is 3.43. The fourth-order valence-corrected chi connectivity index (χ4v) is 4.01. The van der Waals surface area contributed by atoms with Gasteiger partial charge in [0.2, 0.25) is 0 Å². The Morgan fingerprint density at radius 3 is 2.79 bits per heavy atom. The molecule has 0 unspecified atom stereocenters. The SMILES string of the molecule is CC(C)(c1cc(NC(=O)c2ccc3c(c2)N(Cc2cnc4ccccn24)CC3)no1)C(F)(F)F. The van der Waals surface area contributed by atoms with Crippen molar-refractivity contribution in [2.45, 2.75) is 38.4 Å². The summed E-state index contributed by atoms with van der Waals surface area (Å²) >= 11 is 0. The van der Waals surface area contributed by atoms with Gasteiger partial charge in [-0.3, -0.25) is 4.79 Å². The molecule has 0 fully saturated rings. The van der Waals surface area contributed by atoms with E-state index in [1.807, 2.05) is 41.1 Å². The molecule has 0 saturated heterocycles. The summed E-state index contributed by atoms with van der Waals surface area (Å²) in [6, 6.07) is 12.3. The summed E-state index contributed by atoms with van der Waals surface area (Å²) in [6.07, 6.45) is 0.143. The second-order valence-electron chi connectivity index (χ2n) is 8.85. The van der Waals surface area contributed by atoms with Crippen molar-refractivity contribution in [3.8, 4) is 0 Å². The third kappa shape index (κ3) is 3.78. The number of imidazole rings is 1. The van der Waals surface area contributed by atoms with Crippen LogP contribution in [0.1, 0.15) is 41.2 Å². The molecule has 5 rings (SSSR count). The van der Waals surface area contributed by atoms with E-state index in [1.165, 1.54) is 0 Å². The molecule has 0 spiro atoms. The van der Waals surface area contributed by atoms with Crippen LogP contribution in [0.15, 0.2) is 59.4 Å². The number of hydrogen-bond donors (Lipinski definition) is 1. The number of fused-ring (bicyclic) bond motifs is 2. The molecule has 7 nitrogen and oxygen atoms in total. The van der Waals surface area contributed by atoms with Crippen LogP contribution in [0.4, 0.5) is 24.7 Å². The molecule has 0 bridgehead atoms. The predicted molar refractivity (Wildman–Crippen MR) is 120 cm³/mol. The molecule has 0 aliphatic carbocycles. The molecule has 3 aromatic heterocycles. The van der Waals surface area contributed by atoms with E-state index < -0.39 is 17.5 Å². The number of nitrogens with one attached hydrogen (secondary N) is 1. The highest BCUT2D eigenvalue weighted by Crippen LogP contribution is 2.41. The van der Waals surface area contributed by atoms with E-state index >= 15 is 0 Å². The largest absolute Gasteiger partial charge is 0.401 e. The number of hydrogen-bond acceptors (Lipinski definition) is 5. The summed E-state index contributed by atoms with van der Waals surface area (Å²) in [5.41, 5.74) is 2.11. The zero-order valence-electron chi connectivity index (χ0n) is 18.6. The highest BCUT2D eigenvalue weighted by molar-refractivity contribution is 6.04. The molecule has 10 heteroatoms. The lowest BCUT2D eigenvalue weighted by molar-refractivity contribution is -0.185. The Balaban J connectivity index is 1.34. The first-order valence-corrected chi connectivity index (χ1v) is 10.8. The highest BCUT2D eigenvalue weighted by atomic mass is 19.4. The van der Waals surface area contributed by atoms with Gasteiger partial charge in [-0.1, -0.05) is 17.3 Å². The Bertz CT molecular complexity index is 1370. The minimum atomic E-state index is -4.52. The van der Waals surface area contributed by atoms with E-state index in [-0.39, 0.29) is 11.6 Å². The van der Waals surface area contributed by atoms with Gasteiger partial charge in [-0.15, -0.1) is 0 Å². The number of carbonyl (C=O) groups is 1. The summed E-state index contributed by atoms with van der Waals surface area (Å²) < 4.78 is 46.7. The molecule has 4 aromatic rings. The highest BCUT2D eigenvalue weighted by Gasteiger charge is 2.51. The lowest BCUT2D eigenvalue weighted by Gasteiger charge is -2.24. The molecule has 1 aliphatic rings. The molecule has 1 amide bonds. The minimum absolute atomic E-state index is 0.0691. The Labute approximate surface area is 193 Å². The van der Waals surface area contributed by atoms with Crippen LogP contribution in [-0.2, 0) is 18.4 Å². The maximum Gasteiger partial charge on any atom is 0.401 e. The summed E-state index contributed by atoms with van der Waals surface area (Å²) in [7, 11) is 0. The minimum Gasteiger partial charge on any atom is -0.365 e. The number of amides is 1. The van der Waals surface area contributed by atoms with E-state index in [1.54, 1.807) is 12.1 Å². The second kappa shape index (κ2) is 7.89. The summed E-state index contributed by atoms with van der Waals surface area (Å²) in [4.78, 5) is 19.4. The number of alkyl halides is 3. The van der Waals surface area contributed by atoms with Crippen LogP contribution in [-0.4, -0.2) is 33.2 Å². The van der Waals surface area contributed by atoms with Gasteiger partial charge in [-0.05, 0) is 50.1 Å². The maximum absolute atomic E-state index is 13.3. The van der Waals surface area contributed by atoms with Gasteiger partial charge in [-0.25, -0.2) is 4.98 Å². The van der Waals surface area contributed by atoms with Crippen molar-refractivity contribution < 1.29 is 22.5 Å². The van der Waals surface area contributed by atoms with Crippen molar-refractivity contribution >= 4 is 23.1 Å². The van der Waals surface area contributed by atoms with Gasteiger partial charge in [0.15, 0.2) is 11.6 Å². The third-order valence-electron chi connectivity index (χ3n) is 6.26. The molecule has 4 heterocycles. The molecule has 1 aliphatic heterocycles. The number of anilines is 2. The van der Waals surface area contributed by atoms with Crippen LogP contribution < -0.4 is 10.2 Å². The third-order valence-corrected chi connectivity index (χ3v) is 6.26. The van der Waals surface area contributed by atoms with E-state index in [9.17, 15) is 18.0 Å². The first-order valence-electron chi connectivity index (χ1n) is 10.8. The van der Waals surface area contributed by atoms with Crippen LogP contribution >= 0.6 is 0 Å². The number of rotatable bonds is 5. The number of halogens is 3. The number of aromatic nitrogens is 3. The van der Waals surface area contributed by atoms with Crippen LogP contribution in [0.5, 0.6) is 0 Å². The summed E-state index contributed by atoms with van der Waals surface area (Å²) in [5.74, 6) is -0.919. The van der Waals surface area contributed by atoms with Crippen molar-refractivity contribution in [1.29, 1.82) is 0 Å². The molecule has 1 aromatic carbocycles. The zero-order chi connectivity index (χ0) is 24.1. The quantitative estimate of drug-likeness (QED) is 0.446. The lowest BCUT2D eigenvalue weighted by Crippen LogP contribution is -2.35. The lowest BCUT2D eigenvalue weighted by atomic mass is 9.89. The van der Waals surface area contributed by atoms with Gasteiger partial charge in [0.25, 0.3) is 5.91 Å². The number of carbonyl (C=O) groups excluding carboxylic acids is 1. The fourth-order valence-electron chi connectivity index (χ4n) is 4.01. The molecule has 0 atom stereocenters. The smallest absolute Gasteiger partial charge is 0.365 e. The van der Waals surface area contributed by atoms with Gasteiger partial charge in [0.05, 0.1) is 18.4 Å². The van der Waals surface area contributed by atoms with E-state index in [4.69, 9.17) is 4.52 Å². The molecule has 0 radical (unpaired) electrons. The average molecular weight is 469 g/mol. The summed E-state index contributed by atoms with van der Waals surface area (Å²) in [5, 5.41) is 6.13. The fraction of sp³-hybridized carbons (Fsp3) is 0.292. The Morgan fingerprint density at radius 1 is 1.18 bits per heavy atom. The number of pyridine rings is 1. The number of benzene rings is 1. The van der Waals surface area contributed by atoms with Crippen LogP contribution in [0, 0.1) is 0 Å². The standard InChI is InChI=1S/C24H22F3N5O2/c1-23(2,24(25,26)27)19-12-20(30-34-19)29-22(33)16-7-6-15-8-10-31(18(15)11-16)14-17-13-28-21-5-3-4-9-32(17)21/h3-7,9,11-13H,8,10,14H2,1-2H3,(H,29,30,33). The monoisotopic (exact) mass is 469 g/mol. The maximum atomic E-state index is 13.3. The predicted octanol–water partition coefficient (Wildman–Crippen LogP) is 4.98. The van der Waals surface area contributed by atoms with Crippen molar-refractivity contribution in [1.82, 2.24) is 14.5 Å². The molecule has 1 N–H and O–H groups in total. The molecular weight excluding hydrogens is 447 g/mol. The van der Waals surface area contributed by atoms with Crippen molar-refractivity contribution in [3.63, 3.8) is 0 Å². The van der Waals surface area contributed by atoms with Crippen LogP contribution in [0.3, 0.4) is 0 Å². The first-order chi connectivity index (χ1) is 16.1. The zero-order valence-corrected chi connectivity index (χ0v) is 18.6. The number of nitrogens with zero attached hydrogens (tertiary/aromatic N) is 4. The van der Waals surface area contributed by atoms with Crippen LogP contribution in [0.2, 0.25) is 0 Å². The van der Waals surface area contributed by atoms with Gasteiger partial charge >= 0.3 is 6.18 Å². The van der Waals surface area contributed by atoms with Gasteiger partial charge in [0.1, 0.15) is 11.1 Å². The average Bonchev–Trinajstić information content (AvgIpc) is 3.52. The molecule has 34 heavy (non-hydrogen) atoms. The van der Waals surface area contributed by atoms with E-state index in [0.717, 1.165) is 55.5 Å². The van der Waals surface area contributed by atoms with E-state index in [0.29, 0.717) is 12.1 Å². The molecule has 176 valence electrons. The van der Waals surface area contributed by atoms with Crippen molar-refractivity contribution in [3.05, 3.63) is 77.4 Å². The second-order valence-corrected chi connectivity index (χ2v) is 8.85.